The summed E-state index contributed by atoms with van der Waals surface area (Å²) < 4.78 is 6.00. The van der Waals surface area contributed by atoms with Gasteiger partial charge < -0.3 is 9.84 Å². The minimum atomic E-state index is -1.19. The Kier molecular flexibility index (Phi) is 4.92. The van der Waals surface area contributed by atoms with Crippen molar-refractivity contribution in [2.75, 3.05) is 0 Å². The zero-order valence-electron chi connectivity index (χ0n) is 18.7. The Morgan fingerprint density at radius 1 is 1.30 bits per heavy atom. The molecule has 0 heterocycles. The highest BCUT2D eigenvalue weighted by molar-refractivity contribution is 6.01. The normalized spacial score (nSPS) is 47.1. The van der Waals surface area contributed by atoms with Crippen molar-refractivity contribution in [3.63, 3.8) is 0 Å². The quantitative estimate of drug-likeness (QED) is 0.711. The van der Waals surface area contributed by atoms with E-state index in [1.54, 1.807) is 19.1 Å². The van der Waals surface area contributed by atoms with Crippen molar-refractivity contribution in [1.82, 2.24) is 0 Å². The number of fused-ring (bicyclic) bond motifs is 5. The van der Waals surface area contributed by atoms with Crippen LogP contribution in [0.5, 0.6) is 0 Å². The molecule has 0 amide bonds. The lowest BCUT2D eigenvalue weighted by Gasteiger charge is -2.60. The Labute approximate surface area is 178 Å². The first-order valence-electron chi connectivity index (χ1n) is 11.4. The molecule has 0 saturated heterocycles. The molecule has 0 bridgehead atoms. The molecule has 4 aliphatic carbocycles. The Morgan fingerprint density at radius 3 is 2.63 bits per heavy atom. The van der Waals surface area contributed by atoms with Crippen LogP contribution in [-0.4, -0.2) is 34.3 Å². The van der Waals surface area contributed by atoms with E-state index >= 15 is 0 Å². The van der Waals surface area contributed by atoms with E-state index in [2.05, 4.69) is 13.8 Å². The molecular formula is C25H34O5. The van der Waals surface area contributed by atoms with Crippen LogP contribution in [0.1, 0.15) is 66.7 Å². The lowest BCUT2D eigenvalue weighted by Crippen LogP contribution is -2.63. The Morgan fingerprint density at radius 2 is 2.00 bits per heavy atom. The molecule has 3 fully saturated rings. The zero-order chi connectivity index (χ0) is 22.1. The number of hydrogen-bond donors (Lipinski definition) is 1. The highest BCUT2D eigenvalue weighted by atomic mass is 16.6. The van der Waals surface area contributed by atoms with Crippen molar-refractivity contribution >= 4 is 17.5 Å². The number of esters is 1. The van der Waals surface area contributed by atoms with Gasteiger partial charge >= 0.3 is 5.97 Å². The number of carbonyl (C=O) groups excluding carboxylic acids is 3. The van der Waals surface area contributed by atoms with Crippen LogP contribution >= 0.6 is 0 Å². The lowest BCUT2D eigenvalue weighted by molar-refractivity contribution is -0.203. The van der Waals surface area contributed by atoms with Gasteiger partial charge in [-0.3, -0.25) is 14.4 Å². The third-order valence-electron chi connectivity index (χ3n) is 9.12. The fraction of sp³-hybridized carbons (Fsp3) is 0.720. The topological polar surface area (TPSA) is 80.7 Å². The van der Waals surface area contributed by atoms with E-state index in [0.717, 1.165) is 24.8 Å². The monoisotopic (exact) mass is 414 g/mol. The van der Waals surface area contributed by atoms with E-state index in [-0.39, 0.29) is 53.0 Å². The van der Waals surface area contributed by atoms with Gasteiger partial charge in [0.1, 0.15) is 0 Å². The predicted octanol–water partition coefficient (Wildman–Crippen LogP) is 3.79. The molecule has 4 aliphatic rings. The second kappa shape index (κ2) is 6.88. The summed E-state index contributed by atoms with van der Waals surface area (Å²) in [6.45, 7) is 9.49. The first kappa shape index (κ1) is 21.5. The van der Waals surface area contributed by atoms with Gasteiger partial charge in [-0.2, -0.15) is 0 Å². The molecule has 0 aliphatic heterocycles. The fourth-order valence-electron chi connectivity index (χ4n) is 7.93. The molecule has 4 rings (SSSR count). The smallest absolute Gasteiger partial charge is 0.306 e. The van der Waals surface area contributed by atoms with Crippen LogP contribution in [0.4, 0.5) is 0 Å². The summed E-state index contributed by atoms with van der Waals surface area (Å²) in [7, 11) is 0. The molecule has 0 aromatic carbocycles. The van der Waals surface area contributed by atoms with Gasteiger partial charge in [-0.25, -0.2) is 0 Å². The molecule has 0 spiro atoms. The summed E-state index contributed by atoms with van der Waals surface area (Å²) in [5.41, 5.74) is -1.02. The summed E-state index contributed by atoms with van der Waals surface area (Å²) >= 11 is 0. The molecule has 8 atom stereocenters. The second-order valence-corrected chi connectivity index (χ2v) is 10.5. The molecule has 0 radical (unpaired) electrons. The van der Waals surface area contributed by atoms with Crippen LogP contribution in [0.15, 0.2) is 23.8 Å². The summed E-state index contributed by atoms with van der Waals surface area (Å²) in [5.74, 6) is -0.158. The number of aliphatic hydroxyl groups is 1. The second-order valence-electron chi connectivity index (χ2n) is 10.5. The molecule has 0 aromatic heterocycles. The molecular weight excluding hydrogens is 380 g/mol. The summed E-state index contributed by atoms with van der Waals surface area (Å²) in [4.78, 5) is 37.4. The first-order chi connectivity index (χ1) is 14.0. The molecule has 30 heavy (non-hydrogen) atoms. The minimum Gasteiger partial charge on any atom is -0.450 e. The maximum atomic E-state index is 13.1. The van der Waals surface area contributed by atoms with Crippen LogP contribution in [-0.2, 0) is 19.1 Å². The number of carbonyl (C=O) groups is 3. The van der Waals surface area contributed by atoms with Crippen molar-refractivity contribution in [2.45, 2.75) is 78.4 Å². The van der Waals surface area contributed by atoms with E-state index in [9.17, 15) is 19.5 Å². The number of rotatable bonds is 3. The van der Waals surface area contributed by atoms with E-state index in [1.165, 1.54) is 6.92 Å². The molecule has 3 saturated carbocycles. The van der Waals surface area contributed by atoms with Crippen molar-refractivity contribution in [3.8, 4) is 0 Å². The standard InChI is InChI=1S/C25H34O5/c1-6-21(29)30-25(15(3)26)14(2)11-19-18-8-7-16-12-17(27)9-10-23(16,4)22(18)20(28)13-24(19,25)5/h9-10,12,14,18-20,22,28H,6-8,11,13H2,1-5H3/t14-,18+,19+,20+,22-,23+,24+,25-/m1/s1. The van der Waals surface area contributed by atoms with E-state index in [0.29, 0.717) is 6.42 Å². The van der Waals surface area contributed by atoms with Gasteiger partial charge in [0.2, 0.25) is 0 Å². The van der Waals surface area contributed by atoms with E-state index < -0.39 is 17.1 Å². The maximum Gasteiger partial charge on any atom is 0.306 e. The van der Waals surface area contributed by atoms with E-state index in [4.69, 9.17) is 4.74 Å². The predicted molar refractivity (Wildman–Crippen MR) is 112 cm³/mol. The van der Waals surface area contributed by atoms with Gasteiger partial charge in [0.25, 0.3) is 0 Å². The number of Topliss-reactive ketones (excluding diaryl/α,β-unsaturated/α-hetero) is 1. The first-order valence-corrected chi connectivity index (χ1v) is 11.4. The average molecular weight is 415 g/mol. The van der Waals surface area contributed by atoms with Gasteiger partial charge in [0.15, 0.2) is 17.2 Å². The van der Waals surface area contributed by atoms with Crippen LogP contribution in [0.2, 0.25) is 0 Å². The number of ketones is 2. The lowest BCUT2D eigenvalue weighted by atomic mass is 9.46. The highest BCUT2D eigenvalue weighted by Crippen LogP contribution is 2.69. The van der Waals surface area contributed by atoms with Crippen LogP contribution in [0, 0.1) is 34.5 Å². The Hall–Kier alpha value is -1.75. The molecule has 5 nitrogen and oxygen atoms in total. The van der Waals surface area contributed by atoms with Crippen molar-refractivity contribution < 1.29 is 24.2 Å². The maximum absolute atomic E-state index is 13.1. The molecule has 1 N–H and O–H groups in total. The molecule has 164 valence electrons. The molecule has 0 unspecified atom stereocenters. The van der Waals surface area contributed by atoms with Crippen molar-refractivity contribution in [2.24, 2.45) is 34.5 Å². The summed E-state index contributed by atoms with van der Waals surface area (Å²) in [6.07, 6.45) is 7.89. The highest BCUT2D eigenvalue weighted by Gasteiger charge is 2.72. The van der Waals surface area contributed by atoms with Crippen LogP contribution in [0.3, 0.4) is 0 Å². The zero-order valence-corrected chi connectivity index (χ0v) is 18.7. The summed E-state index contributed by atoms with van der Waals surface area (Å²) in [6, 6.07) is 0. The largest absolute Gasteiger partial charge is 0.450 e. The number of allylic oxidation sites excluding steroid dienone is 4. The minimum absolute atomic E-state index is 0.00300. The Bertz CT molecular complexity index is 856. The Balaban J connectivity index is 1.79. The molecule has 5 heteroatoms. The van der Waals surface area contributed by atoms with E-state index in [1.807, 2.05) is 13.0 Å². The molecule has 0 aromatic rings. The number of ether oxygens (including phenoxy) is 1. The number of aliphatic hydroxyl groups excluding tert-OH is 1. The number of hydrogen-bond acceptors (Lipinski definition) is 5. The van der Waals surface area contributed by atoms with Gasteiger partial charge in [0.05, 0.1) is 6.10 Å². The van der Waals surface area contributed by atoms with Crippen molar-refractivity contribution in [3.05, 3.63) is 23.8 Å². The summed E-state index contributed by atoms with van der Waals surface area (Å²) in [5, 5.41) is 11.5. The van der Waals surface area contributed by atoms with Crippen LogP contribution < -0.4 is 0 Å². The third-order valence-corrected chi connectivity index (χ3v) is 9.12. The van der Waals surface area contributed by atoms with Gasteiger partial charge in [-0.05, 0) is 56.6 Å². The van der Waals surface area contributed by atoms with Gasteiger partial charge in [-0.1, -0.05) is 39.3 Å². The van der Waals surface area contributed by atoms with Gasteiger partial charge in [0, 0.05) is 29.1 Å². The SMILES string of the molecule is CCC(=O)O[C@@]1(C(C)=O)[C@H](C)C[C@H]2[C@@H]3CCC4=CC(=O)C=C[C@]4(C)[C@H]3[C@@H](O)C[C@@]21C. The van der Waals surface area contributed by atoms with Crippen molar-refractivity contribution in [1.29, 1.82) is 0 Å². The van der Waals surface area contributed by atoms with Crippen LogP contribution in [0.25, 0.3) is 0 Å². The van der Waals surface area contributed by atoms with Gasteiger partial charge in [-0.15, -0.1) is 0 Å². The fourth-order valence-corrected chi connectivity index (χ4v) is 7.93. The third kappa shape index (κ3) is 2.60. The average Bonchev–Trinajstić information content (AvgIpc) is 2.89.